The van der Waals surface area contributed by atoms with Crippen LogP contribution in [0.1, 0.15) is 52.9 Å². The molecule has 2 heterocycles. The van der Waals surface area contributed by atoms with E-state index in [0.717, 1.165) is 39.6 Å². The highest BCUT2D eigenvalue weighted by atomic mass is 16.1. The number of hydrogen-bond donors (Lipinski definition) is 3. The average Bonchev–Trinajstić information content (AvgIpc) is 3.61. The predicted octanol–water partition coefficient (Wildman–Crippen LogP) is 5.85. The summed E-state index contributed by atoms with van der Waals surface area (Å²) in [7, 11) is 0. The highest BCUT2D eigenvalue weighted by Crippen LogP contribution is 2.36. The number of aryl methyl sites for hydroxylation is 2. The predicted molar refractivity (Wildman–Crippen MR) is 130 cm³/mol. The van der Waals surface area contributed by atoms with Crippen molar-refractivity contribution in [1.29, 1.82) is 0 Å². The number of aromatic nitrogens is 2. The van der Waals surface area contributed by atoms with Crippen LogP contribution in [0.2, 0.25) is 0 Å². The third-order valence-electron chi connectivity index (χ3n) is 5.59. The van der Waals surface area contributed by atoms with Gasteiger partial charge < -0.3 is 16.0 Å². The summed E-state index contributed by atoms with van der Waals surface area (Å²) >= 11 is 0. The Hall–Kier alpha value is -3.67. The van der Waals surface area contributed by atoms with Gasteiger partial charge in [-0.15, -0.1) is 0 Å². The van der Waals surface area contributed by atoms with Gasteiger partial charge in [-0.05, 0) is 80.5 Å². The molecule has 1 fully saturated rings. The number of nitrogens with zero attached hydrogens (tertiary/aromatic N) is 2. The molecule has 1 aliphatic rings. The van der Waals surface area contributed by atoms with E-state index in [1.165, 1.54) is 12.8 Å². The van der Waals surface area contributed by atoms with Crippen molar-refractivity contribution in [2.45, 2.75) is 39.7 Å². The molecule has 0 aliphatic heterocycles. The van der Waals surface area contributed by atoms with Crippen LogP contribution in [0.5, 0.6) is 0 Å². The van der Waals surface area contributed by atoms with Crippen LogP contribution in [0, 0.1) is 19.8 Å². The number of pyridine rings is 2. The van der Waals surface area contributed by atoms with E-state index >= 15 is 0 Å². The lowest BCUT2D eigenvalue weighted by atomic mass is 10.1. The minimum Gasteiger partial charge on any atom is -0.377 e. The van der Waals surface area contributed by atoms with Gasteiger partial charge in [0.15, 0.2) is 0 Å². The zero-order valence-electron chi connectivity index (χ0n) is 18.8. The number of amides is 1. The van der Waals surface area contributed by atoms with E-state index < -0.39 is 0 Å². The van der Waals surface area contributed by atoms with Gasteiger partial charge >= 0.3 is 0 Å². The molecule has 1 aliphatic carbocycles. The highest BCUT2D eigenvalue weighted by Gasteiger charge is 2.25. The Morgan fingerprint density at radius 3 is 2.59 bits per heavy atom. The molecule has 32 heavy (non-hydrogen) atoms. The minimum absolute atomic E-state index is 0.0360. The van der Waals surface area contributed by atoms with E-state index in [-0.39, 0.29) is 11.9 Å². The zero-order chi connectivity index (χ0) is 22.7. The van der Waals surface area contributed by atoms with Crippen molar-refractivity contribution in [2.75, 3.05) is 16.0 Å². The molecule has 3 N–H and O–H groups in total. The van der Waals surface area contributed by atoms with E-state index in [1.54, 1.807) is 12.4 Å². The van der Waals surface area contributed by atoms with Crippen molar-refractivity contribution in [2.24, 2.45) is 5.92 Å². The van der Waals surface area contributed by atoms with E-state index in [9.17, 15) is 4.79 Å². The molecule has 4 rings (SSSR count). The normalized spacial score (nSPS) is 13.8. The zero-order valence-corrected chi connectivity index (χ0v) is 18.8. The van der Waals surface area contributed by atoms with Crippen molar-refractivity contribution in [3.8, 4) is 0 Å². The van der Waals surface area contributed by atoms with Gasteiger partial charge in [-0.25, -0.2) is 4.98 Å². The first-order valence-corrected chi connectivity index (χ1v) is 10.9. The summed E-state index contributed by atoms with van der Waals surface area (Å²) in [5, 5.41) is 9.81. The average molecular weight is 428 g/mol. The molecule has 0 spiro atoms. The molecule has 1 atom stereocenters. The van der Waals surface area contributed by atoms with Crippen LogP contribution in [-0.2, 0) is 0 Å². The third kappa shape index (κ3) is 5.32. The molecule has 164 valence electrons. The molecule has 0 saturated heterocycles. The molecular weight excluding hydrogens is 398 g/mol. The Morgan fingerprint density at radius 1 is 1.06 bits per heavy atom. The summed E-state index contributed by atoms with van der Waals surface area (Å²) in [6.07, 6.45) is 7.56. The van der Waals surface area contributed by atoms with Gasteiger partial charge in [-0.3, -0.25) is 9.78 Å². The van der Waals surface area contributed by atoms with Crippen LogP contribution in [0.25, 0.3) is 0 Å². The Bertz CT molecular complexity index is 1150. The molecular formula is C26H29N5O. The van der Waals surface area contributed by atoms with Crippen molar-refractivity contribution >= 4 is 23.1 Å². The van der Waals surface area contributed by atoms with Crippen LogP contribution >= 0.6 is 0 Å². The van der Waals surface area contributed by atoms with Gasteiger partial charge in [-0.2, -0.15) is 0 Å². The second-order valence-electron chi connectivity index (χ2n) is 8.51. The molecule has 1 aromatic carbocycles. The first-order chi connectivity index (χ1) is 15.4. The van der Waals surface area contributed by atoms with Crippen LogP contribution in [0.4, 0.5) is 17.2 Å². The van der Waals surface area contributed by atoms with Crippen LogP contribution in [0.15, 0.2) is 67.3 Å². The fraction of sp³-hybridized carbons (Fsp3) is 0.269. The minimum atomic E-state index is -0.172. The molecule has 6 heteroatoms. The van der Waals surface area contributed by atoms with Crippen LogP contribution < -0.4 is 16.0 Å². The molecule has 1 amide bonds. The van der Waals surface area contributed by atoms with E-state index in [4.69, 9.17) is 0 Å². The van der Waals surface area contributed by atoms with Crippen molar-refractivity contribution < 1.29 is 4.79 Å². The fourth-order valence-electron chi connectivity index (χ4n) is 3.57. The van der Waals surface area contributed by atoms with Gasteiger partial charge in [-0.1, -0.05) is 18.7 Å². The van der Waals surface area contributed by atoms with Crippen LogP contribution in [0.3, 0.4) is 0 Å². The number of nitrogens with one attached hydrogen (secondary N) is 3. The number of benzene rings is 1. The third-order valence-corrected chi connectivity index (χ3v) is 5.59. The largest absolute Gasteiger partial charge is 0.377 e. The van der Waals surface area contributed by atoms with Crippen molar-refractivity contribution in [1.82, 2.24) is 9.97 Å². The second kappa shape index (κ2) is 9.22. The van der Waals surface area contributed by atoms with Gasteiger partial charge in [0.1, 0.15) is 5.82 Å². The molecule has 3 aromatic rings. The summed E-state index contributed by atoms with van der Waals surface area (Å²) in [6, 6.07) is 11.8. The Labute approximate surface area is 189 Å². The second-order valence-corrected chi connectivity index (χ2v) is 8.51. The Kier molecular flexibility index (Phi) is 6.21. The molecule has 0 radical (unpaired) electrons. The van der Waals surface area contributed by atoms with Gasteiger partial charge in [0.2, 0.25) is 0 Å². The first-order valence-electron chi connectivity index (χ1n) is 10.9. The molecule has 2 aromatic heterocycles. The smallest absolute Gasteiger partial charge is 0.257 e. The summed E-state index contributed by atoms with van der Waals surface area (Å²) in [6.45, 7) is 10.2. The number of allylic oxidation sites excluding steroid dienone is 1. The quantitative estimate of drug-likeness (QED) is 0.420. The van der Waals surface area contributed by atoms with Gasteiger partial charge in [0, 0.05) is 29.8 Å². The number of carbonyl (C=O) groups is 1. The van der Waals surface area contributed by atoms with E-state index in [1.807, 2.05) is 50.4 Å². The highest BCUT2D eigenvalue weighted by molar-refractivity contribution is 6.04. The maximum absolute atomic E-state index is 12.5. The standard InChI is InChI=1S/C26H29N5O/c1-16-10-22(14-27-13-16)26(32)31-23-7-5-6-21(12-23)19(4)29-24-11-17(2)25(28-15-24)30-18(3)20-8-9-20/h5-7,10-15,19-20,29H,3,8-9H2,1-2,4H3,(H,28,30)(H,31,32). The monoisotopic (exact) mass is 427 g/mol. The molecule has 1 saturated carbocycles. The molecule has 0 bridgehead atoms. The van der Waals surface area contributed by atoms with Crippen LogP contribution in [-0.4, -0.2) is 15.9 Å². The first kappa shape index (κ1) is 21.6. The van der Waals surface area contributed by atoms with Crippen molar-refractivity contribution in [3.05, 3.63) is 89.5 Å². The summed E-state index contributed by atoms with van der Waals surface area (Å²) in [5.41, 5.74) is 6.36. The maximum atomic E-state index is 12.5. The number of hydrogen-bond acceptors (Lipinski definition) is 5. The van der Waals surface area contributed by atoms with Gasteiger partial charge in [0.05, 0.1) is 17.4 Å². The lowest BCUT2D eigenvalue weighted by Crippen LogP contribution is -2.13. The van der Waals surface area contributed by atoms with Crippen molar-refractivity contribution in [3.63, 3.8) is 0 Å². The fourth-order valence-corrected chi connectivity index (χ4v) is 3.57. The number of carbonyl (C=O) groups excluding carboxylic acids is 1. The summed E-state index contributed by atoms with van der Waals surface area (Å²) in [4.78, 5) is 21.2. The number of anilines is 3. The molecule has 1 unspecified atom stereocenters. The number of rotatable bonds is 8. The Balaban J connectivity index is 1.41. The topological polar surface area (TPSA) is 78.9 Å². The maximum Gasteiger partial charge on any atom is 0.257 e. The Morgan fingerprint density at radius 2 is 1.88 bits per heavy atom. The van der Waals surface area contributed by atoms with E-state index in [2.05, 4.69) is 45.5 Å². The van der Waals surface area contributed by atoms with Gasteiger partial charge in [0.25, 0.3) is 5.91 Å². The summed E-state index contributed by atoms with van der Waals surface area (Å²) < 4.78 is 0. The van der Waals surface area contributed by atoms with E-state index in [0.29, 0.717) is 11.5 Å². The SMILES string of the molecule is C=C(Nc1ncc(NC(C)c2cccc(NC(=O)c3cncc(C)c3)c2)cc1C)C1CC1. The molecule has 6 nitrogen and oxygen atoms in total. The summed E-state index contributed by atoms with van der Waals surface area (Å²) in [5.74, 6) is 1.27. The lowest BCUT2D eigenvalue weighted by Gasteiger charge is -2.18. The lowest BCUT2D eigenvalue weighted by molar-refractivity contribution is 0.102.